The molecule has 0 fully saturated rings. The summed E-state index contributed by atoms with van der Waals surface area (Å²) in [5.41, 5.74) is 2.73. The van der Waals surface area contributed by atoms with E-state index in [1.807, 2.05) is 32.9 Å². The highest BCUT2D eigenvalue weighted by Gasteiger charge is 2.24. The fourth-order valence-electron chi connectivity index (χ4n) is 2.61. The number of carbonyl (C=O) groups excluding carboxylic acids is 3. The van der Waals surface area contributed by atoms with E-state index in [-0.39, 0.29) is 23.6 Å². The van der Waals surface area contributed by atoms with Gasteiger partial charge in [0.05, 0.1) is 0 Å². The highest BCUT2D eigenvalue weighted by molar-refractivity contribution is 6.01. The van der Waals surface area contributed by atoms with Gasteiger partial charge in [-0.3, -0.25) is 14.4 Å². The smallest absolute Gasteiger partial charge is 0.251 e. The third-order valence-electron chi connectivity index (χ3n) is 3.99. The first kappa shape index (κ1) is 20.2. The van der Waals surface area contributed by atoms with Crippen LogP contribution in [0.4, 0.5) is 11.4 Å². The molecule has 3 N–H and O–H groups in total. The summed E-state index contributed by atoms with van der Waals surface area (Å²) in [7, 11) is 0. The second kappa shape index (κ2) is 8.98. The summed E-state index contributed by atoms with van der Waals surface area (Å²) >= 11 is 0. The summed E-state index contributed by atoms with van der Waals surface area (Å²) in [6.07, 6.45) is 0. The summed E-state index contributed by atoms with van der Waals surface area (Å²) in [4.78, 5) is 36.2. The molecular formula is C21H25N3O3. The van der Waals surface area contributed by atoms with Gasteiger partial charge in [0.15, 0.2) is 0 Å². The monoisotopic (exact) mass is 367 g/mol. The van der Waals surface area contributed by atoms with Gasteiger partial charge in [-0.15, -0.1) is 0 Å². The maximum atomic E-state index is 12.7. The molecule has 6 nitrogen and oxygen atoms in total. The molecule has 6 heteroatoms. The standard InChI is InChI=1S/C21H25N3O3/c1-13(2)19(24-20(26)16-7-5-6-14(3)12-16)21(27)23-18-10-8-17(9-11-18)22-15(4)25/h5-13,19H,1-4H3,(H,22,25)(H,23,27)(H,24,26)/t19-/m1/s1. The molecule has 0 spiro atoms. The van der Waals surface area contributed by atoms with Gasteiger partial charge >= 0.3 is 0 Å². The molecule has 2 aromatic rings. The third-order valence-corrected chi connectivity index (χ3v) is 3.99. The summed E-state index contributed by atoms with van der Waals surface area (Å²) in [5.74, 6) is -0.824. The Morgan fingerprint density at radius 2 is 1.48 bits per heavy atom. The molecule has 0 aromatic heterocycles. The Bertz CT molecular complexity index is 829. The molecule has 1 atom stereocenters. The predicted molar refractivity (Wildman–Crippen MR) is 107 cm³/mol. The summed E-state index contributed by atoms with van der Waals surface area (Å²) in [6.45, 7) is 7.09. The van der Waals surface area contributed by atoms with Crippen molar-refractivity contribution in [3.05, 3.63) is 59.7 Å². The molecule has 2 rings (SSSR count). The average Bonchev–Trinajstić information content (AvgIpc) is 2.60. The van der Waals surface area contributed by atoms with Crippen LogP contribution in [-0.4, -0.2) is 23.8 Å². The lowest BCUT2D eigenvalue weighted by Crippen LogP contribution is -2.47. The molecule has 0 saturated carbocycles. The van der Waals surface area contributed by atoms with Crippen molar-refractivity contribution in [2.75, 3.05) is 10.6 Å². The number of hydrogen-bond acceptors (Lipinski definition) is 3. The van der Waals surface area contributed by atoms with E-state index in [0.717, 1.165) is 5.56 Å². The van der Waals surface area contributed by atoms with Crippen molar-refractivity contribution >= 4 is 29.1 Å². The van der Waals surface area contributed by atoms with Crippen LogP contribution in [0.25, 0.3) is 0 Å². The molecule has 0 unspecified atom stereocenters. The van der Waals surface area contributed by atoms with E-state index in [1.54, 1.807) is 36.4 Å². The van der Waals surface area contributed by atoms with Gasteiger partial charge in [-0.25, -0.2) is 0 Å². The molecule has 0 radical (unpaired) electrons. The third kappa shape index (κ3) is 5.95. The van der Waals surface area contributed by atoms with Gasteiger partial charge in [-0.2, -0.15) is 0 Å². The zero-order chi connectivity index (χ0) is 20.0. The predicted octanol–water partition coefficient (Wildman–Crippen LogP) is 3.35. The molecule has 27 heavy (non-hydrogen) atoms. The molecular weight excluding hydrogens is 342 g/mol. The van der Waals surface area contributed by atoms with E-state index in [2.05, 4.69) is 16.0 Å². The minimum absolute atomic E-state index is 0.0857. The van der Waals surface area contributed by atoms with Gasteiger partial charge in [0.1, 0.15) is 6.04 Å². The van der Waals surface area contributed by atoms with Crippen molar-refractivity contribution in [2.45, 2.75) is 33.7 Å². The van der Waals surface area contributed by atoms with Gasteiger partial charge in [0.25, 0.3) is 5.91 Å². The molecule has 0 aliphatic carbocycles. The maximum Gasteiger partial charge on any atom is 0.251 e. The summed E-state index contributed by atoms with van der Waals surface area (Å²) in [6, 6.07) is 13.3. The minimum atomic E-state index is -0.673. The summed E-state index contributed by atoms with van der Waals surface area (Å²) in [5, 5.41) is 8.28. The largest absolute Gasteiger partial charge is 0.340 e. The molecule has 3 amide bonds. The zero-order valence-electron chi connectivity index (χ0n) is 16.0. The average molecular weight is 367 g/mol. The van der Waals surface area contributed by atoms with Crippen molar-refractivity contribution in [2.24, 2.45) is 5.92 Å². The second-order valence-electron chi connectivity index (χ2n) is 6.81. The van der Waals surface area contributed by atoms with Crippen LogP contribution in [-0.2, 0) is 9.59 Å². The van der Waals surface area contributed by atoms with Crippen molar-refractivity contribution in [3.8, 4) is 0 Å². The lowest BCUT2D eigenvalue weighted by Gasteiger charge is -2.22. The van der Waals surface area contributed by atoms with Crippen molar-refractivity contribution in [3.63, 3.8) is 0 Å². The minimum Gasteiger partial charge on any atom is -0.340 e. The fraction of sp³-hybridized carbons (Fsp3) is 0.286. The molecule has 0 aliphatic rings. The van der Waals surface area contributed by atoms with E-state index in [9.17, 15) is 14.4 Å². The van der Waals surface area contributed by atoms with E-state index in [1.165, 1.54) is 6.92 Å². The van der Waals surface area contributed by atoms with Gasteiger partial charge in [0, 0.05) is 23.9 Å². The summed E-state index contributed by atoms with van der Waals surface area (Å²) < 4.78 is 0. The highest BCUT2D eigenvalue weighted by Crippen LogP contribution is 2.15. The van der Waals surface area contributed by atoms with Crippen molar-refractivity contribution in [1.29, 1.82) is 0 Å². The van der Waals surface area contributed by atoms with Crippen LogP contribution in [0, 0.1) is 12.8 Å². The topological polar surface area (TPSA) is 87.3 Å². The van der Waals surface area contributed by atoms with Crippen LogP contribution in [0.2, 0.25) is 0 Å². The van der Waals surface area contributed by atoms with Gasteiger partial charge in [0.2, 0.25) is 11.8 Å². The van der Waals surface area contributed by atoms with Gasteiger partial charge in [-0.1, -0.05) is 31.5 Å². The van der Waals surface area contributed by atoms with Gasteiger partial charge < -0.3 is 16.0 Å². The van der Waals surface area contributed by atoms with Crippen LogP contribution in [0.1, 0.15) is 36.7 Å². The van der Waals surface area contributed by atoms with Crippen LogP contribution < -0.4 is 16.0 Å². The number of anilines is 2. The quantitative estimate of drug-likeness (QED) is 0.732. The normalized spacial score (nSPS) is 11.6. The van der Waals surface area contributed by atoms with Crippen LogP contribution in [0.3, 0.4) is 0 Å². The lowest BCUT2D eigenvalue weighted by atomic mass is 10.0. The first-order chi connectivity index (χ1) is 12.8. The molecule has 0 bridgehead atoms. The SMILES string of the molecule is CC(=O)Nc1ccc(NC(=O)[C@H](NC(=O)c2cccc(C)c2)C(C)C)cc1. The Morgan fingerprint density at radius 3 is 2.00 bits per heavy atom. The van der Waals surface area contributed by atoms with E-state index in [0.29, 0.717) is 16.9 Å². The Labute approximate surface area is 159 Å². The molecule has 2 aromatic carbocycles. The first-order valence-electron chi connectivity index (χ1n) is 8.82. The Hall–Kier alpha value is -3.15. The highest BCUT2D eigenvalue weighted by atomic mass is 16.2. The second-order valence-corrected chi connectivity index (χ2v) is 6.81. The molecule has 0 saturated heterocycles. The lowest BCUT2D eigenvalue weighted by molar-refractivity contribution is -0.119. The fourth-order valence-corrected chi connectivity index (χ4v) is 2.61. The number of carbonyl (C=O) groups is 3. The Kier molecular flexibility index (Phi) is 6.71. The Morgan fingerprint density at radius 1 is 0.889 bits per heavy atom. The molecule has 0 heterocycles. The van der Waals surface area contributed by atoms with E-state index < -0.39 is 6.04 Å². The number of nitrogens with one attached hydrogen (secondary N) is 3. The molecule has 0 aliphatic heterocycles. The number of amides is 3. The maximum absolute atomic E-state index is 12.7. The first-order valence-corrected chi connectivity index (χ1v) is 8.82. The number of aryl methyl sites for hydroxylation is 1. The van der Waals surface area contributed by atoms with Crippen molar-refractivity contribution in [1.82, 2.24) is 5.32 Å². The number of rotatable bonds is 6. The number of benzene rings is 2. The molecule has 142 valence electrons. The van der Waals surface area contributed by atoms with Crippen molar-refractivity contribution < 1.29 is 14.4 Å². The van der Waals surface area contributed by atoms with E-state index >= 15 is 0 Å². The number of hydrogen-bond donors (Lipinski definition) is 3. The van der Waals surface area contributed by atoms with Crippen LogP contribution >= 0.6 is 0 Å². The Balaban J connectivity index is 2.06. The van der Waals surface area contributed by atoms with Gasteiger partial charge in [-0.05, 0) is 49.2 Å². The zero-order valence-corrected chi connectivity index (χ0v) is 16.0. The van der Waals surface area contributed by atoms with Crippen LogP contribution in [0.15, 0.2) is 48.5 Å². The van der Waals surface area contributed by atoms with E-state index in [4.69, 9.17) is 0 Å². The van der Waals surface area contributed by atoms with Crippen LogP contribution in [0.5, 0.6) is 0 Å².